The van der Waals surface area contributed by atoms with E-state index in [0.717, 1.165) is 56.7 Å². The number of pyridine rings is 1. The van der Waals surface area contributed by atoms with Gasteiger partial charge in [-0.15, -0.1) is 0 Å². The van der Waals surface area contributed by atoms with Crippen LogP contribution in [0.2, 0.25) is 0 Å². The van der Waals surface area contributed by atoms with Gasteiger partial charge in [-0.25, -0.2) is 4.98 Å². The lowest BCUT2D eigenvalue weighted by Gasteiger charge is -2.39. The van der Waals surface area contributed by atoms with Gasteiger partial charge in [-0.1, -0.05) is 19.4 Å². The van der Waals surface area contributed by atoms with Crippen LogP contribution in [-0.2, 0) is 6.42 Å². The predicted molar refractivity (Wildman–Crippen MR) is 106 cm³/mol. The molecule has 0 spiro atoms. The molecule has 0 bridgehead atoms. The van der Waals surface area contributed by atoms with E-state index in [2.05, 4.69) is 35.9 Å². The molecule has 0 radical (unpaired) electrons. The van der Waals surface area contributed by atoms with Crippen LogP contribution in [0.1, 0.15) is 80.3 Å². The van der Waals surface area contributed by atoms with Crippen molar-refractivity contribution < 1.29 is 0 Å². The van der Waals surface area contributed by atoms with Gasteiger partial charge in [0.25, 0.3) is 0 Å². The van der Waals surface area contributed by atoms with Crippen LogP contribution in [0.5, 0.6) is 0 Å². The Morgan fingerprint density at radius 3 is 2.96 bits per heavy atom. The molecular formula is C21H33N5. The number of fused-ring (bicyclic) bond motifs is 1. The molecule has 5 nitrogen and oxygen atoms in total. The van der Waals surface area contributed by atoms with E-state index in [4.69, 9.17) is 15.7 Å². The Hall–Kier alpha value is -1.72. The summed E-state index contributed by atoms with van der Waals surface area (Å²) >= 11 is 0. The van der Waals surface area contributed by atoms with Gasteiger partial charge in [0.1, 0.15) is 5.82 Å². The molecule has 26 heavy (non-hydrogen) atoms. The number of hydrogen-bond acceptors (Lipinski definition) is 4. The lowest BCUT2D eigenvalue weighted by Crippen LogP contribution is -2.37. The summed E-state index contributed by atoms with van der Waals surface area (Å²) in [6, 6.07) is 5.00. The minimum absolute atomic E-state index is 0.310. The van der Waals surface area contributed by atoms with E-state index < -0.39 is 0 Å². The van der Waals surface area contributed by atoms with E-state index in [1.807, 2.05) is 12.4 Å². The Morgan fingerprint density at radius 1 is 1.35 bits per heavy atom. The van der Waals surface area contributed by atoms with Crippen LogP contribution >= 0.6 is 0 Å². The van der Waals surface area contributed by atoms with E-state index in [1.54, 1.807) is 0 Å². The molecule has 142 valence electrons. The van der Waals surface area contributed by atoms with Gasteiger partial charge < -0.3 is 10.7 Å². The van der Waals surface area contributed by atoms with Crippen molar-refractivity contribution in [3.8, 4) is 0 Å². The number of H-pyrrole nitrogens is 1. The Kier molecular flexibility index (Phi) is 6.80. The highest BCUT2D eigenvalue weighted by molar-refractivity contribution is 5.26. The maximum atomic E-state index is 5.77. The van der Waals surface area contributed by atoms with Gasteiger partial charge in [0.2, 0.25) is 0 Å². The number of rotatable bonds is 9. The first-order valence-corrected chi connectivity index (χ1v) is 10.2. The molecule has 1 aliphatic carbocycles. The summed E-state index contributed by atoms with van der Waals surface area (Å²) in [7, 11) is 0. The number of nitrogens with two attached hydrogens (primary N) is 1. The average molecular weight is 356 g/mol. The van der Waals surface area contributed by atoms with Crippen LogP contribution in [0.25, 0.3) is 0 Å². The largest absolute Gasteiger partial charge is 0.345 e. The molecule has 3 N–H and O–H groups in total. The van der Waals surface area contributed by atoms with Gasteiger partial charge in [-0.05, 0) is 70.2 Å². The Bertz CT molecular complexity index is 681. The first-order valence-electron chi connectivity index (χ1n) is 10.2. The van der Waals surface area contributed by atoms with Crippen molar-refractivity contribution in [3.05, 3.63) is 47.3 Å². The van der Waals surface area contributed by atoms with E-state index in [-0.39, 0.29) is 0 Å². The third kappa shape index (κ3) is 4.33. The lowest BCUT2D eigenvalue weighted by molar-refractivity contribution is 0.102. The van der Waals surface area contributed by atoms with Crippen molar-refractivity contribution in [2.75, 3.05) is 13.1 Å². The molecule has 0 amide bonds. The number of aryl methyl sites for hydroxylation is 2. The topological polar surface area (TPSA) is 70.8 Å². The van der Waals surface area contributed by atoms with Gasteiger partial charge in [0.15, 0.2) is 0 Å². The normalized spacial score (nSPS) is 18.1. The molecule has 2 unspecified atom stereocenters. The first-order chi connectivity index (χ1) is 12.7. The second-order valence-corrected chi connectivity index (χ2v) is 7.45. The van der Waals surface area contributed by atoms with Crippen LogP contribution < -0.4 is 5.73 Å². The zero-order valence-corrected chi connectivity index (χ0v) is 16.2. The SMILES string of the molecule is CCCC(c1ncc(C)[nH]1)N(CCCCN)C1CCCc2cccnc21. The second kappa shape index (κ2) is 9.28. The molecule has 0 saturated heterocycles. The average Bonchev–Trinajstić information content (AvgIpc) is 3.10. The summed E-state index contributed by atoms with van der Waals surface area (Å²) in [5.74, 6) is 1.10. The number of imidazole rings is 1. The maximum absolute atomic E-state index is 5.77. The summed E-state index contributed by atoms with van der Waals surface area (Å²) in [6.07, 6.45) is 11.9. The molecule has 2 aromatic rings. The molecule has 2 aromatic heterocycles. The highest BCUT2D eigenvalue weighted by Gasteiger charge is 2.33. The number of unbranched alkanes of at least 4 members (excludes halogenated alkanes) is 1. The van der Waals surface area contributed by atoms with Crippen LogP contribution in [0.15, 0.2) is 24.5 Å². The molecule has 2 atom stereocenters. The fourth-order valence-electron chi connectivity index (χ4n) is 4.21. The van der Waals surface area contributed by atoms with E-state index in [0.29, 0.717) is 12.1 Å². The summed E-state index contributed by atoms with van der Waals surface area (Å²) in [5.41, 5.74) is 9.59. The molecule has 5 heteroatoms. The molecule has 0 fully saturated rings. The summed E-state index contributed by atoms with van der Waals surface area (Å²) in [4.78, 5) is 15.6. The molecule has 0 aromatic carbocycles. The Labute approximate surface area is 157 Å². The minimum atomic E-state index is 0.310. The van der Waals surface area contributed by atoms with E-state index >= 15 is 0 Å². The second-order valence-electron chi connectivity index (χ2n) is 7.45. The van der Waals surface area contributed by atoms with Crippen LogP contribution in [0.4, 0.5) is 0 Å². The van der Waals surface area contributed by atoms with Crippen LogP contribution in [0, 0.1) is 6.92 Å². The number of aromatic amines is 1. The monoisotopic (exact) mass is 355 g/mol. The standard InChI is InChI=1S/C21H33N5/c1-3-8-19(21-24-15-16(2)25-21)26(14-5-4-12-22)18-11-6-9-17-10-7-13-23-20(17)18/h7,10,13,15,18-19H,3-6,8-9,11-12,14,22H2,1-2H3,(H,24,25). The third-order valence-electron chi connectivity index (χ3n) is 5.44. The zero-order chi connectivity index (χ0) is 18.4. The van der Waals surface area contributed by atoms with Gasteiger partial charge >= 0.3 is 0 Å². The fraction of sp³-hybridized carbons (Fsp3) is 0.619. The number of aromatic nitrogens is 3. The minimum Gasteiger partial charge on any atom is -0.345 e. The first kappa shape index (κ1) is 19.1. The molecule has 2 heterocycles. The Balaban J connectivity index is 1.93. The number of hydrogen-bond donors (Lipinski definition) is 2. The van der Waals surface area contributed by atoms with Crippen molar-refractivity contribution in [2.45, 2.75) is 70.9 Å². The summed E-state index contributed by atoms with van der Waals surface area (Å²) in [5, 5.41) is 0. The third-order valence-corrected chi connectivity index (χ3v) is 5.44. The maximum Gasteiger partial charge on any atom is 0.123 e. The molecule has 1 aliphatic rings. The van der Waals surface area contributed by atoms with Gasteiger partial charge in [-0.2, -0.15) is 0 Å². The molecule has 0 aliphatic heterocycles. The lowest BCUT2D eigenvalue weighted by atomic mass is 9.89. The zero-order valence-electron chi connectivity index (χ0n) is 16.2. The highest BCUT2D eigenvalue weighted by Crippen LogP contribution is 2.39. The molecule has 3 rings (SSSR count). The smallest absolute Gasteiger partial charge is 0.123 e. The number of nitrogens with zero attached hydrogens (tertiary/aromatic N) is 3. The highest BCUT2D eigenvalue weighted by atomic mass is 15.2. The Morgan fingerprint density at radius 2 is 2.23 bits per heavy atom. The van der Waals surface area contributed by atoms with E-state index in [9.17, 15) is 0 Å². The van der Waals surface area contributed by atoms with E-state index in [1.165, 1.54) is 24.1 Å². The predicted octanol–water partition coefficient (Wildman–Crippen LogP) is 4.07. The van der Waals surface area contributed by atoms with Crippen molar-refractivity contribution >= 4 is 0 Å². The van der Waals surface area contributed by atoms with Crippen molar-refractivity contribution in [3.63, 3.8) is 0 Å². The summed E-state index contributed by atoms with van der Waals surface area (Å²) in [6.45, 7) is 6.14. The summed E-state index contributed by atoms with van der Waals surface area (Å²) < 4.78 is 0. The number of nitrogens with one attached hydrogen (secondary N) is 1. The van der Waals surface area contributed by atoms with Crippen molar-refractivity contribution in [1.82, 2.24) is 19.9 Å². The van der Waals surface area contributed by atoms with Crippen molar-refractivity contribution in [1.29, 1.82) is 0 Å². The molecule has 0 saturated carbocycles. The van der Waals surface area contributed by atoms with Crippen LogP contribution in [0.3, 0.4) is 0 Å². The van der Waals surface area contributed by atoms with Gasteiger partial charge in [0.05, 0.1) is 17.8 Å². The fourth-order valence-corrected chi connectivity index (χ4v) is 4.21. The quantitative estimate of drug-likeness (QED) is 0.665. The van der Waals surface area contributed by atoms with Gasteiger partial charge in [-0.3, -0.25) is 9.88 Å². The molecular weight excluding hydrogens is 322 g/mol. The van der Waals surface area contributed by atoms with Crippen LogP contribution in [-0.4, -0.2) is 32.9 Å². The van der Waals surface area contributed by atoms with Crippen molar-refractivity contribution in [2.24, 2.45) is 5.73 Å². The van der Waals surface area contributed by atoms with Gasteiger partial charge in [0, 0.05) is 18.1 Å².